The van der Waals surface area contributed by atoms with E-state index in [-0.39, 0.29) is 22.9 Å². The number of nitrogens with zero attached hydrogens (tertiary/aromatic N) is 2. The second kappa shape index (κ2) is 9.83. The number of carbonyl (C=O) groups is 3. The highest BCUT2D eigenvalue weighted by Crippen LogP contribution is 2.30. The maximum atomic E-state index is 13.3. The highest BCUT2D eigenvalue weighted by atomic mass is 79.9. The molecule has 0 spiro atoms. The lowest BCUT2D eigenvalue weighted by molar-refractivity contribution is -0.140. The number of hydrogen-bond donors (Lipinski definition) is 1. The summed E-state index contributed by atoms with van der Waals surface area (Å²) in [5, 5.41) is 2.76. The van der Waals surface area contributed by atoms with Crippen LogP contribution in [0.3, 0.4) is 0 Å². The highest BCUT2D eigenvalue weighted by Gasteiger charge is 2.43. The van der Waals surface area contributed by atoms with Crippen molar-refractivity contribution in [3.05, 3.63) is 64.1 Å². The van der Waals surface area contributed by atoms with Crippen molar-refractivity contribution >= 4 is 43.7 Å². The van der Waals surface area contributed by atoms with E-state index in [2.05, 4.69) is 21.2 Å². The Bertz CT molecular complexity index is 1150. The van der Waals surface area contributed by atoms with Crippen LogP contribution in [-0.2, 0) is 26.2 Å². The zero-order valence-electron chi connectivity index (χ0n) is 17.7. The number of sulfonamides is 1. The molecule has 1 N–H and O–H groups in total. The lowest BCUT2D eigenvalue weighted by atomic mass is 10.1. The summed E-state index contributed by atoms with van der Waals surface area (Å²) in [5.74, 6) is -1.75. The van der Waals surface area contributed by atoms with E-state index in [1.165, 1.54) is 23.1 Å². The van der Waals surface area contributed by atoms with Gasteiger partial charge >= 0.3 is 0 Å². The summed E-state index contributed by atoms with van der Waals surface area (Å²) < 4.78 is 27.1. The van der Waals surface area contributed by atoms with E-state index in [0.29, 0.717) is 10.8 Å². The van der Waals surface area contributed by atoms with Crippen molar-refractivity contribution in [3.8, 4) is 0 Å². The van der Waals surface area contributed by atoms with Crippen LogP contribution in [0, 0.1) is 0 Å². The summed E-state index contributed by atoms with van der Waals surface area (Å²) in [6.07, 6.45) is 0.733. The Morgan fingerprint density at radius 3 is 2.53 bits per heavy atom. The zero-order chi connectivity index (χ0) is 23.5. The largest absolute Gasteiger partial charge is 0.354 e. The van der Waals surface area contributed by atoms with Gasteiger partial charge in [-0.3, -0.25) is 14.4 Å². The van der Waals surface area contributed by atoms with Crippen LogP contribution in [0.15, 0.2) is 57.9 Å². The average Bonchev–Trinajstić information content (AvgIpc) is 2.96. The van der Waals surface area contributed by atoms with Gasteiger partial charge in [0.15, 0.2) is 0 Å². The topological polar surface area (TPSA) is 104 Å². The van der Waals surface area contributed by atoms with Gasteiger partial charge in [0, 0.05) is 17.6 Å². The van der Waals surface area contributed by atoms with Crippen molar-refractivity contribution in [3.63, 3.8) is 0 Å². The van der Waals surface area contributed by atoms with Gasteiger partial charge < -0.3 is 10.2 Å². The first-order valence-electron chi connectivity index (χ1n) is 10.1. The van der Waals surface area contributed by atoms with E-state index >= 15 is 0 Å². The van der Waals surface area contributed by atoms with Crippen molar-refractivity contribution in [1.29, 1.82) is 0 Å². The van der Waals surface area contributed by atoms with Gasteiger partial charge in [0.1, 0.15) is 17.5 Å². The molecule has 0 aromatic heterocycles. The Hall–Kier alpha value is -2.72. The van der Waals surface area contributed by atoms with Gasteiger partial charge in [0.05, 0.1) is 5.56 Å². The molecule has 1 aliphatic heterocycles. The predicted octanol–water partition coefficient (Wildman–Crippen LogP) is 2.54. The number of carbonyl (C=O) groups excluding carboxylic acids is 3. The van der Waals surface area contributed by atoms with Crippen molar-refractivity contribution in [2.24, 2.45) is 0 Å². The standard InChI is InChI=1S/C22H24BrN3O5S/c1-3-11-24-21(28)15(2)25(13-16-7-6-8-17(23)12-16)20(27)14-26-22(29)18-9-4-5-10-19(18)32(26,30)31/h4-10,12,15H,3,11,13-14H2,1-2H3,(H,24,28). The quantitative estimate of drug-likeness (QED) is 0.574. The fourth-order valence-corrected chi connectivity index (χ4v) is 5.38. The number of benzene rings is 2. The molecule has 1 unspecified atom stereocenters. The smallest absolute Gasteiger partial charge is 0.269 e. The molecular formula is C22H24BrN3O5S. The molecule has 170 valence electrons. The first-order chi connectivity index (χ1) is 15.2. The molecular weight excluding hydrogens is 498 g/mol. The van der Waals surface area contributed by atoms with E-state index in [9.17, 15) is 22.8 Å². The Morgan fingerprint density at radius 2 is 1.88 bits per heavy atom. The van der Waals surface area contributed by atoms with Gasteiger partial charge in [-0.15, -0.1) is 0 Å². The predicted molar refractivity (Wildman–Crippen MR) is 122 cm³/mol. The minimum atomic E-state index is -4.14. The number of rotatable bonds is 8. The van der Waals surface area contributed by atoms with Gasteiger partial charge in [-0.25, -0.2) is 12.7 Å². The first-order valence-corrected chi connectivity index (χ1v) is 12.4. The molecule has 0 aliphatic carbocycles. The number of amides is 3. The summed E-state index contributed by atoms with van der Waals surface area (Å²) in [6.45, 7) is 3.34. The van der Waals surface area contributed by atoms with Crippen LogP contribution in [0.1, 0.15) is 36.2 Å². The van der Waals surface area contributed by atoms with Gasteiger partial charge in [-0.2, -0.15) is 0 Å². The van der Waals surface area contributed by atoms with Crippen LogP contribution in [0.4, 0.5) is 0 Å². The maximum absolute atomic E-state index is 13.3. The van der Waals surface area contributed by atoms with Crippen molar-refractivity contribution < 1.29 is 22.8 Å². The van der Waals surface area contributed by atoms with Gasteiger partial charge in [-0.1, -0.05) is 47.1 Å². The van der Waals surface area contributed by atoms with Crippen LogP contribution < -0.4 is 5.32 Å². The van der Waals surface area contributed by atoms with Crippen LogP contribution >= 0.6 is 15.9 Å². The summed E-state index contributed by atoms with van der Waals surface area (Å²) in [7, 11) is -4.14. The number of nitrogens with one attached hydrogen (secondary N) is 1. The number of fused-ring (bicyclic) bond motifs is 1. The van der Waals surface area contributed by atoms with Gasteiger partial charge in [0.2, 0.25) is 11.8 Å². The molecule has 0 bridgehead atoms. The van der Waals surface area contributed by atoms with Crippen molar-refractivity contribution in [2.75, 3.05) is 13.1 Å². The molecule has 2 aromatic rings. The van der Waals surface area contributed by atoms with Crippen LogP contribution in [0.25, 0.3) is 0 Å². The van der Waals surface area contributed by atoms with Crippen molar-refractivity contribution in [1.82, 2.24) is 14.5 Å². The van der Waals surface area contributed by atoms with Crippen LogP contribution in [0.5, 0.6) is 0 Å². The maximum Gasteiger partial charge on any atom is 0.269 e. The lowest BCUT2D eigenvalue weighted by Crippen LogP contribution is -2.51. The molecule has 0 saturated heterocycles. The average molecular weight is 522 g/mol. The summed E-state index contributed by atoms with van der Waals surface area (Å²) >= 11 is 3.38. The molecule has 32 heavy (non-hydrogen) atoms. The Labute approximate surface area is 195 Å². The third kappa shape index (κ3) is 4.86. The Morgan fingerprint density at radius 1 is 1.16 bits per heavy atom. The van der Waals surface area contributed by atoms with E-state index in [0.717, 1.165) is 16.5 Å². The molecule has 3 rings (SSSR count). The molecule has 8 nitrogen and oxygen atoms in total. The minimum absolute atomic E-state index is 0.0348. The van der Waals surface area contributed by atoms with E-state index in [4.69, 9.17) is 0 Å². The summed E-state index contributed by atoms with van der Waals surface area (Å²) in [6, 6.07) is 12.2. The van der Waals surface area contributed by atoms with Crippen LogP contribution in [0.2, 0.25) is 0 Å². The molecule has 1 aliphatic rings. The van der Waals surface area contributed by atoms with E-state index < -0.39 is 34.4 Å². The van der Waals surface area contributed by atoms with E-state index in [1.807, 2.05) is 19.1 Å². The molecule has 1 heterocycles. The second-order valence-corrected chi connectivity index (χ2v) is 10.2. The normalized spacial score (nSPS) is 15.2. The molecule has 1 atom stereocenters. The fraction of sp³-hybridized carbons (Fsp3) is 0.318. The van der Waals surface area contributed by atoms with Crippen LogP contribution in [-0.4, -0.2) is 54.5 Å². The SMILES string of the molecule is CCCNC(=O)C(C)N(Cc1cccc(Br)c1)C(=O)CN1C(=O)c2ccccc2S1(=O)=O. The Kier molecular flexibility index (Phi) is 7.35. The summed E-state index contributed by atoms with van der Waals surface area (Å²) in [5.41, 5.74) is 0.786. The summed E-state index contributed by atoms with van der Waals surface area (Å²) in [4.78, 5) is 39.7. The van der Waals surface area contributed by atoms with Gasteiger partial charge in [0.25, 0.3) is 15.9 Å². The first kappa shape index (κ1) is 23.9. The minimum Gasteiger partial charge on any atom is -0.354 e. The zero-order valence-corrected chi connectivity index (χ0v) is 20.1. The second-order valence-electron chi connectivity index (χ2n) is 7.43. The monoisotopic (exact) mass is 521 g/mol. The molecule has 10 heteroatoms. The molecule has 2 aromatic carbocycles. The van der Waals surface area contributed by atoms with Gasteiger partial charge in [-0.05, 0) is 43.2 Å². The van der Waals surface area contributed by atoms with Crippen molar-refractivity contribution in [2.45, 2.75) is 37.8 Å². The third-order valence-electron chi connectivity index (χ3n) is 5.15. The molecule has 0 radical (unpaired) electrons. The molecule has 3 amide bonds. The third-order valence-corrected chi connectivity index (χ3v) is 7.43. The highest BCUT2D eigenvalue weighted by molar-refractivity contribution is 9.10. The fourth-order valence-electron chi connectivity index (χ4n) is 3.41. The Balaban J connectivity index is 1.88. The lowest BCUT2D eigenvalue weighted by Gasteiger charge is -2.30. The van der Waals surface area contributed by atoms with E-state index in [1.54, 1.807) is 25.1 Å². The number of halogens is 1. The molecule has 0 fully saturated rings. The number of hydrogen-bond acceptors (Lipinski definition) is 5. The molecule has 0 saturated carbocycles.